The van der Waals surface area contributed by atoms with Gasteiger partial charge in [0.15, 0.2) is 0 Å². The van der Waals surface area contributed by atoms with Crippen LogP contribution in [0.1, 0.15) is 32.6 Å². The molecule has 1 unspecified atom stereocenters. The molecule has 20 heavy (non-hydrogen) atoms. The predicted octanol–water partition coefficient (Wildman–Crippen LogP) is 1.50. The van der Waals surface area contributed by atoms with Gasteiger partial charge in [0, 0.05) is 25.6 Å². The number of nitrogens with zero attached hydrogens (tertiary/aromatic N) is 2. The van der Waals surface area contributed by atoms with Gasteiger partial charge in [-0.25, -0.2) is 4.68 Å². The number of halogens is 1. The van der Waals surface area contributed by atoms with Crippen molar-refractivity contribution in [2.24, 2.45) is 0 Å². The third kappa shape index (κ3) is 3.59. The van der Waals surface area contributed by atoms with Gasteiger partial charge in [0.1, 0.15) is 4.47 Å². The molecule has 1 aromatic rings. The van der Waals surface area contributed by atoms with Crippen LogP contribution in [0, 0.1) is 0 Å². The normalized spacial score (nSPS) is 18.1. The van der Waals surface area contributed by atoms with Crippen LogP contribution in [0.3, 0.4) is 0 Å². The van der Waals surface area contributed by atoms with Gasteiger partial charge in [0.25, 0.3) is 5.56 Å². The summed E-state index contributed by atoms with van der Waals surface area (Å²) in [6.45, 7) is 3.31. The number of amides is 1. The van der Waals surface area contributed by atoms with E-state index in [0.29, 0.717) is 29.7 Å². The highest BCUT2D eigenvalue weighted by Crippen LogP contribution is 2.17. The van der Waals surface area contributed by atoms with E-state index in [1.165, 1.54) is 4.68 Å². The van der Waals surface area contributed by atoms with Gasteiger partial charge in [-0.2, -0.15) is 5.10 Å². The molecule has 7 heteroatoms. The molecular weight excluding hydrogens is 324 g/mol. The molecule has 2 rings (SSSR count). The van der Waals surface area contributed by atoms with E-state index in [1.54, 1.807) is 6.20 Å². The maximum atomic E-state index is 12.1. The lowest BCUT2D eigenvalue weighted by atomic mass is 10.2. The maximum absolute atomic E-state index is 12.1. The van der Waals surface area contributed by atoms with Crippen molar-refractivity contribution in [1.82, 2.24) is 15.1 Å². The van der Waals surface area contributed by atoms with Crippen LogP contribution in [0.5, 0.6) is 0 Å². The SMILES string of the molecule is CCCCn1ncc(NCC2CCC(=O)N2)c(Br)c1=O. The molecule has 1 aromatic heterocycles. The van der Waals surface area contributed by atoms with Gasteiger partial charge in [-0.3, -0.25) is 9.59 Å². The van der Waals surface area contributed by atoms with Gasteiger partial charge in [-0.05, 0) is 28.8 Å². The second kappa shape index (κ2) is 6.88. The summed E-state index contributed by atoms with van der Waals surface area (Å²) in [5, 5.41) is 10.2. The summed E-state index contributed by atoms with van der Waals surface area (Å²) < 4.78 is 1.96. The smallest absolute Gasteiger partial charge is 0.283 e. The summed E-state index contributed by atoms with van der Waals surface area (Å²) in [6.07, 6.45) is 5.00. The van der Waals surface area contributed by atoms with Crippen molar-refractivity contribution in [3.8, 4) is 0 Å². The summed E-state index contributed by atoms with van der Waals surface area (Å²) in [6, 6.07) is 0.122. The average Bonchev–Trinajstić information content (AvgIpc) is 2.85. The third-order valence-electron chi connectivity index (χ3n) is 3.33. The number of unbranched alkanes of at least 4 members (excludes halogenated alkanes) is 1. The summed E-state index contributed by atoms with van der Waals surface area (Å²) >= 11 is 3.32. The van der Waals surface area contributed by atoms with Gasteiger partial charge in [0.05, 0.1) is 11.9 Å². The average molecular weight is 343 g/mol. The number of aryl methyl sites for hydroxylation is 1. The highest BCUT2D eigenvalue weighted by molar-refractivity contribution is 9.10. The Labute approximate surface area is 126 Å². The minimum Gasteiger partial charge on any atom is -0.381 e. The molecule has 0 spiro atoms. The zero-order valence-electron chi connectivity index (χ0n) is 11.5. The van der Waals surface area contributed by atoms with Gasteiger partial charge in [-0.15, -0.1) is 0 Å². The molecule has 1 atom stereocenters. The molecule has 1 aliphatic rings. The van der Waals surface area contributed by atoms with Crippen LogP contribution in [0.15, 0.2) is 15.5 Å². The number of hydrogen-bond acceptors (Lipinski definition) is 4. The number of hydrogen-bond donors (Lipinski definition) is 2. The minimum absolute atomic E-state index is 0.0870. The lowest BCUT2D eigenvalue weighted by Gasteiger charge is -2.14. The van der Waals surface area contributed by atoms with E-state index in [1.807, 2.05) is 0 Å². The summed E-state index contributed by atoms with van der Waals surface area (Å²) in [4.78, 5) is 23.2. The number of aromatic nitrogens is 2. The van der Waals surface area contributed by atoms with E-state index < -0.39 is 0 Å². The first-order valence-corrected chi connectivity index (χ1v) is 7.70. The fourth-order valence-electron chi connectivity index (χ4n) is 2.12. The molecule has 1 fully saturated rings. The fourth-order valence-corrected chi connectivity index (χ4v) is 2.57. The predicted molar refractivity (Wildman–Crippen MR) is 80.8 cm³/mol. The van der Waals surface area contributed by atoms with E-state index in [0.717, 1.165) is 19.3 Å². The van der Waals surface area contributed by atoms with E-state index in [9.17, 15) is 9.59 Å². The van der Waals surface area contributed by atoms with Crippen molar-refractivity contribution >= 4 is 27.5 Å². The second-order valence-corrected chi connectivity index (χ2v) is 5.73. The number of anilines is 1. The molecular formula is C13H19BrN4O2. The summed E-state index contributed by atoms with van der Waals surface area (Å²) in [5.74, 6) is 0.0870. The number of nitrogens with one attached hydrogen (secondary N) is 2. The van der Waals surface area contributed by atoms with Crippen molar-refractivity contribution in [2.45, 2.75) is 45.2 Å². The topological polar surface area (TPSA) is 76.0 Å². The summed E-state index contributed by atoms with van der Waals surface area (Å²) in [7, 11) is 0. The molecule has 6 nitrogen and oxygen atoms in total. The molecule has 1 aliphatic heterocycles. The zero-order chi connectivity index (χ0) is 14.5. The van der Waals surface area contributed by atoms with Gasteiger partial charge >= 0.3 is 0 Å². The Bertz CT molecular complexity index is 544. The zero-order valence-corrected chi connectivity index (χ0v) is 13.1. The van der Waals surface area contributed by atoms with E-state index in [2.05, 4.69) is 38.6 Å². The fraction of sp³-hybridized carbons (Fsp3) is 0.615. The highest BCUT2D eigenvalue weighted by Gasteiger charge is 2.20. The first-order chi connectivity index (χ1) is 9.61. The van der Waals surface area contributed by atoms with Crippen LogP contribution >= 0.6 is 15.9 Å². The Balaban J connectivity index is 2.00. The van der Waals surface area contributed by atoms with E-state index in [4.69, 9.17) is 0 Å². The monoisotopic (exact) mass is 342 g/mol. The second-order valence-electron chi connectivity index (χ2n) is 4.94. The van der Waals surface area contributed by atoms with E-state index in [-0.39, 0.29) is 17.5 Å². The molecule has 2 heterocycles. The van der Waals surface area contributed by atoms with Gasteiger partial charge in [-0.1, -0.05) is 13.3 Å². The first-order valence-electron chi connectivity index (χ1n) is 6.90. The van der Waals surface area contributed by atoms with Crippen molar-refractivity contribution < 1.29 is 4.79 Å². The first kappa shape index (κ1) is 15.0. The van der Waals surface area contributed by atoms with Crippen LogP contribution < -0.4 is 16.2 Å². The Morgan fingerprint density at radius 3 is 3.00 bits per heavy atom. The standard InChI is InChI=1S/C13H19BrN4O2/c1-2-3-6-18-13(20)12(14)10(8-16-18)15-7-9-4-5-11(19)17-9/h8-9,15H,2-7H2,1H3,(H,17,19). The van der Waals surface area contributed by atoms with Crippen LogP contribution in [0.2, 0.25) is 0 Å². The highest BCUT2D eigenvalue weighted by atomic mass is 79.9. The Kier molecular flexibility index (Phi) is 5.17. The Hall–Kier alpha value is -1.37. The molecule has 0 aromatic carbocycles. The molecule has 1 amide bonds. The largest absolute Gasteiger partial charge is 0.381 e. The van der Waals surface area contributed by atoms with Crippen molar-refractivity contribution in [2.75, 3.05) is 11.9 Å². The molecule has 1 saturated heterocycles. The van der Waals surface area contributed by atoms with Crippen LogP contribution in [0.25, 0.3) is 0 Å². The van der Waals surface area contributed by atoms with Crippen LogP contribution in [0.4, 0.5) is 5.69 Å². The molecule has 0 radical (unpaired) electrons. The number of rotatable bonds is 6. The molecule has 2 N–H and O–H groups in total. The van der Waals surface area contributed by atoms with Crippen LogP contribution in [-0.4, -0.2) is 28.3 Å². The molecule has 110 valence electrons. The lowest BCUT2D eigenvalue weighted by molar-refractivity contribution is -0.119. The lowest BCUT2D eigenvalue weighted by Crippen LogP contribution is -2.32. The maximum Gasteiger partial charge on any atom is 0.283 e. The number of carbonyl (C=O) groups is 1. The Morgan fingerprint density at radius 2 is 2.35 bits per heavy atom. The van der Waals surface area contributed by atoms with Crippen molar-refractivity contribution in [1.29, 1.82) is 0 Å². The Morgan fingerprint density at radius 1 is 1.55 bits per heavy atom. The van der Waals surface area contributed by atoms with Gasteiger partial charge in [0.2, 0.25) is 5.91 Å². The van der Waals surface area contributed by atoms with Crippen molar-refractivity contribution in [3.05, 3.63) is 21.0 Å². The molecule has 0 bridgehead atoms. The quantitative estimate of drug-likeness (QED) is 0.821. The minimum atomic E-state index is -0.126. The summed E-state index contributed by atoms with van der Waals surface area (Å²) in [5.41, 5.74) is 0.544. The number of carbonyl (C=O) groups excluding carboxylic acids is 1. The third-order valence-corrected chi connectivity index (χ3v) is 4.10. The molecule has 0 aliphatic carbocycles. The molecule has 0 saturated carbocycles. The van der Waals surface area contributed by atoms with Gasteiger partial charge < -0.3 is 10.6 Å². The van der Waals surface area contributed by atoms with E-state index >= 15 is 0 Å². The van der Waals surface area contributed by atoms with Crippen molar-refractivity contribution in [3.63, 3.8) is 0 Å². The van der Waals surface area contributed by atoms with Crippen LogP contribution in [-0.2, 0) is 11.3 Å².